The first-order valence-corrected chi connectivity index (χ1v) is 5.05. The molecule has 0 saturated heterocycles. The number of likely N-dealkylation sites (N-methyl/N-ethyl adjacent to an activating group) is 1. The predicted octanol–water partition coefficient (Wildman–Crippen LogP) is 2.82. The normalized spacial score (nSPS) is 24.2. The van der Waals surface area contributed by atoms with Gasteiger partial charge < -0.3 is 5.32 Å². The molecule has 0 saturated carbocycles. The van der Waals surface area contributed by atoms with Crippen molar-refractivity contribution in [2.75, 3.05) is 7.05 Å². The van der Waals surface area contributed by atoms with E-state index in [0.29, 0.717) is 6.04 Å². The molecular formula is C12H19N. The van der Waals surface area contributed by atoms with Crippen molar-refractivity contribution in [1.29, 1.82) is 0 Å². The van der Waals surface area contributed by atoms with Gasteiger partial charge in [-0.25, -0.2) is 0 Å². The molecule has 0 heterocycles. The highest BCUT2D eigenvalue weighted by molar-refractivity contribution is 5.28. The van der Waals surface area contributed by atoms with Crippen molar-refractivity contribution in [3.05, 3.63) is 36.0 Å². The molecule has 0 aromatic heterocycles. The predicted molar refractivity (Wildman–Crippen MR) is 58.7 cm³/mol. The van der Waals surface area contributed by atoms with Gasteiger partial charge in [0.25, 0.3) is 0 Å². The van der Waals surface area contributed by atoms with Gasteiger partial charge in [0, 0.05) is 6.04 Å². The lowest BCUT2D eigenvalue weighted by Crippen LogP contribution is -2.28. The lowest BCUT2D eigenvalue weighted by molar-refractivity contribution is 0.549. The van der Waals surface area contributed by atoms with E-state index in [-0.39, 0.29) is 0 Å². The zero-order valence-electron chi connectivity index (χ0n) is 8.59. The number of rotatable bonds is 3. The second kappa shape index (κ2) is 5.76. The van der Waals surface area contributed by atoms with Crippen molar-refractivity contribution < 1.29 is 0 Å². The van der Waals surface area contributed by atoms with Gasteiger partial charge in [0.2, 0.25) is 0 Å². The number of hydrogen-bond donors (Lipinski definition) is 1. The van der Waals surface area contributed by atoms with Gasteiger partial charge >= 0.3 is 0 Å². The summed E-state index contributed by atoms with van der Waals surface area (Å²) in [7, 11) is 2.04. The van der Waals surface area contributed by atoms with Crippen LogP contribution in [0.3, 0.4) is 0 Å². The molecule has 0 spiro atoms. The second-order valence-electron chi connectivity index (χ2n) is 3.36. The van der Waals surface area contributed by atoms with Crippen LogP contribution in [0.1, 0.15) is 26.2 Å². The van der Waals surface area contributed by atoms with E-state index < -0.39 is 0 Å². The summed E-state index contributed by atoms with van der Waals surface area (Å²) >= 11 is 0. The fraction of sp³-hybridized carbons (Fsp3) is 0.500. The van der Waals surface area contributed by atoms with Gasteiger partial charge in [0.15, 0.2) is 0 Å². The number of allylic oxidation sites excluding steroid dienone is 4. The van der Waals surface area contributed by atoms with E-state index in [2.05, 4.69) is 29.6 Å². The number of nitrogens with one attached hydrogen (secondary N) is 1. The summed E-state index contributed by atoms with van der Waals surface area (Å²) in [5, 5.41) is 3.34. The summed E-state index contributed by atoms with van der Waals surface area (Å²) in [5.41, 5.74) is 1.44. The average Bonchev–Trinajstić information content (AvgIpc) is 2.19. The summed E-state index contributed by atoms with van der Waals surface area (Å²) in [6.07, 6.45) is 14.6. The van der Waals surface area contributed by atoms with Crippen LogP contribution in [-0.2, 0) is 0 Å². The van der Waals surface area contributed by atoms with Crippen LogP contribution < -0.4 is 5.32 Å². The molecule has 0 aromatic rings. The SMILES string of the molecule is C/C=C\C=C/C1=CCCCC1NC. The van der Waals surface area contributed by atoms with Crippen molar-refractivity contribution in [3.8, 4) is 0 Å². The van der Waals surface area contributed by atoms with Crippen LogP contribution in [0.5, 0.6) is 0 Å². The first-order chi connectivity index (χ1) is 6.38. The maximum Gasteiger partial charge on any atom is 0.0314 e. The molecule has 1 heteroatoms. The molecule has 0 radical (unpaired) electrons. The first kappa shape index (κ1) is 10.3. The molecule has 1 atom stereocenters. The molecule has 0 aliphatic heterocycles. The fourth-order valence-electron chi connectivity index (χ4n) is 1.67. The van der Waals surface area contributed by atoms with Gasteiger partial charge in [0.05, 0.1) is 0 Å². The quantitative estimate of drug-likeness (QED) is 0.654. The van der Waals surface area contributed by atoms with Crippen molar-refractivity contribution in [1.82, 2.24) is 5.32 Å². The molecule has 0 aromatic carbocycles. The zero-order chi connectivity index (χ0) is 9.52. The Balaban J connectivity index is 2.59. The van der Waals surface area contributed by atoms with Gasteiger partial charge in [-0.2, -0.15) is 0 Å². The third kappa shape index (κ3) is 3.19. The minimum Gasteiger partial charge on any atom is -0.313 e. The summed E-state index contributed by atoms with van der Waals surface area (Å²) in [5.74, 6) is 0. The second-order valence-corrected chi connectivity index (χ2v) is 3.36. The molecule has 0 fully saturated rings. The maximum atomic E-state index is 3.34. The largest absolute Gasteiger partial charge is 0.313 e. The zero-order valence-corrected chi connectivity index (χ0v) is 8.59. The van der Waals surface area contributed by atoms with E-state index in [0.717, 1.165) is 0 Å². The van der Waals surface area contributed by atoms with E-state index in [1.807, 2.05) is 20.0 Å². The monoisotopic (exact) mass is 177 g/mol. The standard InChI is InChI=1S/C12H19N/c1-3-4-5-8-11-9-6-7-10-12(11)13-2/h3-5,8-9,12-13H,6-7,10H2,1-2H3/b4-3-,8-5-. The van der Waals surface area contributed by atoms with Gasteiger partial charge in [-0.3, -0.25) is 0 Å². The topological polar surface area (TPSA) is 12.0 Å². The summed E-state index contributed by atoms with van der Waals surface area (Å²) < 4.78 is 0. The third-order valence-corrected chi connectivity index (χ3v) is 2.42. The van der Waals surface area contributed by atoms with Crippen molar-refractivity contribution in [2.24, 2.45) is 0 Å². The van der Waals surface area contributed by atoms with E-state index in [4.69, 9.17) is 0 Å². The molecule has 0 amide bonds. The van der Waals surface area contributed by atoms with Crippen molar-refractivity contribution in [3.63, 3.8) is 0 Å². The average molecular weight is 177 g/mol. The molecule has 1 aliphatic carbocycles. The molecule has 1 N–H and O–H groups in total. The molecular weight excluding hydrogens is 158 g/mol. The summed E-state index contributed by atoms with van der Waals surface area (Å²) in [6.45, 7) is 2.04. The van der Waals surface area contributed by atoms with E-state index in [1.54, 1.807) is 0 Å². The van der Waals surface area contributed by atoms with Crippen LogP contribution in [-0.4, -0.2) is 13.1 Å². The van der Waals surface area contributed by atoms with Gasteiger partial charge in [0.1, 0.15) is 0 Å². The molecule has 1 aliphatic rings. The molecule has 1 unspecified atom stereocenters. The van der Waals surface area contributed by atoms with Crippen LogP contribution in [0.2, 0.25) is 0 Å². The van der Waals surface area contributed by atoms with Gasteiger partial charge in [-0.15, -0.1) is 0 Å². The van der Waals surface area contributed by atoms with Crippen LogP contribution in [0.4, 0.5) is 0 Å². The van der Waals surface area contributed by atoms with Gasteiger partial charge in [-0.05, 0) is 38.8 Å². The molecule has 72 valence electrons. The Morgan fingerprint density at radius 2 is 2.31 bits per heavy atom. The molecule has 0 bridgehead atoms. The Morgan fingerprint density at radius 1 is 1.46 bits per heavy atom. The Labute approximate surface area is 81.2 Å². The highest BCUT2D eigenvalue weighted by Crippen LogP contribution is 2.18. The Bertz CT molecular complexity index is 223. The number of hydrogen-bond acceptors (Lipinski definition) is 1. The van der Waals surface area contributed by atoms with Crippen LogP contribution in [0.25, 0.3) is 0 Å². The Hall–Kier alpha value is -0.820. The molecule has 1 rings (SSSR count). The highest BCUT2D eigenvalue weighted by Gasteiger charge is 2.12. The van der Waals surface area contributed by atoms with E-state index in [1.165, 1.54) is 24.8 Å². The summed E-state index contributed by atoms with van der Waals surface area (Å²) in [4.78, 5) is 0. The Kier molecular flexibility index (Phi) is 4.55. The van der Waals surface area contributed by atoms with Gasteiger partial charge in [-0.1, -0.05) is 30.4 Å². The smallest absolute Gasteiger partial charge is 0.0314 e. The van der Waals surface area contributed by atoms with Crippen LogP contribution in [0.15, 0.2) is 36.0 Å². The lowest BCUT2D eigenvalue weighted by Gasteiger charge is -2.21. The lowest BCUT2D eigenvalue weighted by atomic mass is 9.94. The molecule has 1 nitrogen and oxygen atoms in total. The van der Waals surface area contributed by atoms with Crippen LogP contribution in [0, 0.1) is 0 Å². The Morgan fingerprint density at radius 3 is 3.00 bits per heavy atom. The molecule has 13 heavy (non-hydrogen) atoms. The maximum absolute atomic E-state index is 3.34. The summed E-state index contributed by atoms with van der Waals surface area (Å²) in [6, 6.07) is 0.565. The third-order valence-electron chi connectivity index (χ3n) is 2.42. The van der Waals surface area contributed by atoms with Crippen molar-refractivity contribution >= 4 is 0 Å². The first-order valence-electron chi connectivity index (χ1n) is 5.05. The fourth-order valence-corrected chi connectivity index (χ4v) is 1.67. The highest BCUT2D eigenvalue weighted by atomic mass is 14.9. The van der Waals surface area contributed by atoms with E-state index >= 15 is 0 Å². The van der Waals surface area contributed by atoms with Crippen LogP contribution >= 0.6 is 0 Å². The van der Waals surface area contributed by atoms with Crippen molar-refractivity contribution in [2.45, 2.75) is 32.2 Å². The minimum atomic E-state index is 0.565. The van der Waals surface area contributed by atoms with E-state index in [9.17, 15) is 0 Å². The minimum absolute atomic E-state index is 0.565.